The number of nitrogens with zero attached hydrogens (tertiary/aromatic N) is 3. The van der Waals surface area contributed by atoms with E-state index in [1.165, 1.54) is 10.3 Å². The highest BCUT2D eigenvalue weighted by Gasteiger charge is 2.26. The molecule has 6 nitrogen and oxygen atoms in total. The average Bonchev–Trinajstić information content (AvgIpc) is 2.97. The second-order valence-electron chi connectivity index (χ2n) is 5.69. The number of aromatic nitrogens is 3. The van der Waals surface area contributed by atoms with Crippen LogP contribution in [0.25, 0.3) is 22.2 Å². The molecule has 0 aliphatic carbocycles. The van der Waals surface area contributed by atoms with Gasteiger partial charge in [-0.3, -0.25) is 4.68 Å². The first kappa shape index (κ1) is 15.4. The highest BCUT2D eigenvalue weighted by molar-refractivity contribution is 7.99. The summed E-state index contributed by atoms with van der Waals surface area (Å²) in [5.41, 5.74) is 10.1. The molecule has 4 N–H and O–H groups in total. The summed E-state index contributed by atoms with van der Waals surface area (Å²) in [5, 5.41) is 13.7. The lowest BCUT2D eigenvalue weighted by Crippen LogP contribution is -2.18. The topological polar surface area (TPSA) is 80.8 Å². The summed E-state index contributed by atoms with van der Waals surface area (Å²) in [6.07, 6.45) is 1.84. The van der Waals surface area contributed by atoms with E-state index in [0.29, 0.717) is 13.1 Å². The summed E-state index contributed by atoms with van der Waals surface area (Å²) in [6, 6.07) is 8.32. The summed E-state index contributed by atoms with van der Waals surface area (Å²) in [7, 11) is 1.96. The molecule has 7 heteroatoms. The average molecular weight is 340 g/mol. The normalized spacial score (nSPS) is 12.4. The molecule has 2 aromatic heterocycles. The molecule has 0 atom stereocenters. The number of benzene rings is 1. The number of hydrogen-bond acceptors (Lipinski definition) is 6. The maximum Gasteiger partial charge on any atom is 0.110 e. The molecule has 1 aliphatic rings. The summed E-state index contributed by atoms with van der Waals surface area (Å²) < 4.78 is 2.01. The Hall–Kier alpha value is -2.09. The molecule has 0 spiro atoms. The minimum Gasteiger partial charge on any atom is -0.383 e. The number of nitrogens with two attached hydrogens (primary N) is 1. The van der Waals surface area contributed by atoms with Crippen LogP contribution in [-0.2, 0) is 6.54 Å². The molecule has 0 saturated carbocycles. The van der Waals surface area contributed by atoms with Gasteiger partial charge in [0.15, 0.2) is 0 Å². The summed E-state index contributed by atoms with van der Waals surface area (Å²) in [4.78, 5) is 5.75. The zero-order chi connectivity index (χ0) is 16.5. The zero-order valence-electron chi connectivity index (χ0n) is 13.5. The van der Waals surface area contributed by atoms with Crippen molar-refractivity contribution in [2.45, 2.75) is 16.5 Å². The van der Waals surface area contributed by atoms with E-state index in [1.807, 2.05) is 24.0 Å². The van der Waals surface area contributed by atoms with Gasteiger partial charge in [-0.05, 0) is 31.3 Å². The van der Waals surface area contributed by atoms with Crippen LogP contribution in [0.1, 0.15) is 0 Å². The molecule has 24 heavy (non-hydrogen) atoms. The van der Waals surface area contributed by atoms with Gasteiger partial charge in [0.05, 0.1) is 12.1 Å². The Bertz CT molecular complexity index is 888. The van der Waals surface area contributed by atoms with Crippen molar-refractivity contribution in [2.75, 3.05) is 32.0 Å². The largest absolute Gasteiger partial charge is 0.383 e. The van der Waals surface area contributed by atoms with Crippen LogP contribution in [0.3, 0.4) is 0 Å². The standard InChI is InChI=1S/C17H20N6S/c1-19-8-9-20-12-4-5-13-14-15(22-23(13)10-6-18)11-3-2-7-21-17(11)24-16(12)14/h2-5,7,19-20H,6,8-10,18H2,1H3. The van der Waals surface area contributed by atoms with E-state index >= 15 is 0 Å². The molecule has 1 aliphatic heterocycles. The first-order valence-electron chi connectivity index (χ1n) is 8.08. The van der Waals surface area contributed by atoms with Crippen molar-refractivity contribution >= 4 is 28.4 Å². The molecule has 4 rings (SSSR count). The van der Waals surface area contributed by atoms with Gasteiger partial charge in [-0.2, -0.15) is 5.10 Å². The molecule has 0 unspecified atom stereocenters. The quantitative estimate of drug-likeness (QED) is 0.467. The minimum atomic E-state index is 0.570. The van der Waals surface area contributed by atoms with Crippen molar-refractivity contribution in [3.63, 3.8) is 0 Å². The van der Waals surface area contributed by atoms with E-state index in [4.69, 9.17) is 10.8 Å². The van der Waals surface area contributed by atoms with Gasteiger partial charge in [-0.15, -0.1) is 0 Å². The number of pyridine rings is 1. The summed E-state index contributed by atoms with van der Waals surface area (Å²) in [5.74, 6) is 0. The van der Waals surface area contributed by atoms with Crippen molar-refractivity contribution in [2.24, 2.45) is 5.73 Å². The Morgan fingerprint density at radius 3 is 3.00 bits per heavy atom. The predicted octanol–water partition coefficient (Wildman–Crippen LogP) is 2.15. The smallest absolute Gasteiger partial charge is 0.110 e. The third-order valence-electron chi connectivity index (χ3n) is 4.13. The zero-order valence-corrected chi connectivity index (χ0v) is 14.4. The van der Waals surface area contributed by atoms with Crippen molar-refractivity contribution in [1.82, 2.24) is 20.1 Å². The van der Waals surface area contributed by atoms with Gasteiger partial charge in [0.25, 0.3) is 0 Å². The molecule has 3 heterocycles. The number of rotatable bonds is 6. The lowest BCUT2D eigenvalue weighted by Gasteiger charge is -2.18. The van der Waals surface area contributed by atoms with Crippen LogP contribution in [0.15, 0.2) is 40.4 Å². The Kier molecular flexibility index (Phi) is 4.13. The van der Waals surface area contributed by atoms with E-state index in [1.54, 1.807) is 11.8 Å². The number of anilines is 1. The van der Waals surface area contributed by atoms with Gasteiger partial charge in [-0.1, -0.05) is 11.8 Å². The van der Waals surface area contributed by atoms with Crippen LogP contribution in [0, 0.1) is 0 Å². The van der Waals surface area contributed by atoms with Crippen LogP contribution in [-0.4, -0.2) is 41.4 Å². The van der Waals surface area contributed by atoms with Crippen LogP contribution in [0.5, 0.6) is 0 Å². The molecule has 0 amide bonds. The Morgan fingerprint density at radius 1 is 1.25 bits per heavy atom. The molecule has 0 fully saturated rings. The minimum absolute atomic E-state index is 0.570. The second kappa shape index (κ2) is 6.43. The molecule has 0 bridgehead atoms. The van der Waals surface area contributed by atoms with Crippen molar-refractivity contribution in [1.29, 1.82) is 0 Å². The van der Waals surface area contributed by atoms with Crippen LogP contribution < -0.4 is 16.4 Å². The molecule has 1 aromatic carbocycles. The predicted molar refractivity (Wildman–Crippen MR) is 98.6 cm³/mol. The first-order chi connectivity index (χ1) is 11.8. The molecule has 0 saturated heterocycles. The lowest BCUT2D eigenvalue weighted by atomic mass is 10.1. The Labute approximate surface area is 144 Å². The van der Waals surface area contributed by atoms with Gasteiger partial charge in [0.1, 0.15) is 10.7 Å². The molecule has 124 valence electrons. The fourth-order valence-electron chi connectivity index (χ4n) is 3.04. The maximum atomic E-state index is 5.76. The van der Waals surface area contributed by atoms with Crippen LogP contribution in [0.4, 0.5) is 5.69 Å². The van der Waals surface area contributed by atoms with Crippen LogP contribution >= 0.6 is 11.8 Å². The van der Waals surface area contributed by atoms with Gasteiger partial charge in [-0.25, -0.2) is 4.98 Å². The molecular formula is C17H20N6S. The Morgan fingerprint density at radius 2 is 2.17 bits per heavy atom. The third-order valence-corrected chi connectivity index (χ3v) is 5.27. The third kappa shape index (κ3) is 2.45. The molecule has 3 aromatic rings. The summed E-state index contributed by atoms with van der Waals surface area (Å²) >= 11 is 1.71. The fraction of sp³-hybridized carbons (Fsp3) is 0.294. The van der Waals surface area contributed by atoms with Gasteiger partial charge < -0.3 is 16.4 Å². The van der Waals surface area contributed by atoms with E-state index in [2.05, 4.69) is 33.8 Å². The summed E-state index contributed by atoms with van der Waals surface area (Å²) in [6.45, 7) is 3.07. The van der Waals surface area contributed by atoms with Crippen molar-refractivity contribution in [3.05, 3.63) is 30.5 Å². The SMILES string of the molecule is CNCCNc1ccc2c3c(nn2CCN)-c2cccnc2Sc13. The number of hydrogen-bond donors (Lipinski definition) is 3. The van der Waals surface area contributed by atoms with Gasteiger partial charge in [0, 0.05) is 47.4 Å². The van der Waals surface area contributed by atoms with E-state index in [0.717, 1.165) is 40.6 Å². The molecular weight excluding hydrogens is 320 g/mol. The fourth-order valence-corrected chi connectivity index (χ4v) is 4.17. The van der Waals surface area contributed by atoms with E-state index in [9.17, 15) is 0 Å². The van der Waals surface area contributed by atoms with Crippen molar-refractivity contribution in [3.8, 4) is 11.3 Å². The maximum absolute atomic E-state index is 5.76. The van der Waals surface area contributed by atoms with Gasteiger partial charge >= 0.3 is 0 Å². The van der Waals surface area contributed by atoms with E-state index < -0.39 is 0 Å². The van der Waals surface area contributed by atoms with Crippen LogP contribution in [0.2, 0.25) is 0 Å². The number of nitrogens with one attached hydrogen (secondary N) is 2. The van der Waals surface area contributed by atoms with Gasteiger partial charge in [0.2, 0.25) is 0 Å². The lowest BCUT2D eigenvalue weighted by molar-refractivity contribution is 0.648. The number of fused-ring (bicyclic) bond motifs is 2. The van der Waals surface area contributed by atoms with E-state index in [-0.39, 0.29) is 0 Å². The second-order valence-corrected chi connectivity index (χ2v) is 6.68. The monoisotopic (exact) mass is 340 g/mol. The highest BCUT2D eigenvalue weighted by atomic mass is 32.2. The van der Waals surface area contributed by atoms with Crippen molar-refractivity contribution < 1.29 is 0 Å². The first-order valence-corrected chi connectivity index (χ1v) is 8.90. The highest BCUT2D eigenvalue weighted by Crippen LogP contribution is 2.49. The number of likely N-dealkylation sites (N-methyl/N-ethyl adjacent to an activating group) is 1. The molecule has 0 radical (unpaired) electrons. The Balaban J connectivity index is 1.90.